The van der Waals surface area contributed by atoms with Crippen LogP contribution in [0.1, 0.15) is 10.4 Å². The molecule has 0 aliphatic carbocycles. The Morgan fingerprint density at radius 3 is 2.62 bits per heavy atom. The zero-order valence-corrected chi connectivity index (χ0v) is 12.4. The standard InChI is InChI=1S/C14H10BrF2NO3/c1-21-8-2-3-12(19)9(6-8)14(20)18-13-10(15)4-7(16)5-11(13)17/h2-6,19H,1H3,(H,18,20). The van der Waals surface area contributed by atoms with Crippen molar-refractivity contribution >= 4 is 27.5 Å². The lowest BCUT2D eigenvalue weighted by molar-refractivity contribution is 0.102. The van der Waals surface area contributed by atoms with E-state index in [4.69, 9.17) is 4.74 Å². The topological polar surface area (TPSA) is 58.6 Å². The summed E-state index contributed by atoms with van der Waals surface area (Å²) in [7, 11) is 1.41. The molecule has 2 aromatic carbocycles. The summed E-state index contributed by atoms with van der Waals surface area (Å²) in [4.78, 5) is 12.1. The lowest BCUT2D eigenvalue weighted by Crippen LogP contribution is -2.14. The molecule has 7 heteroatoms. The lowest BCUT2D eigenvalue weighted by atomic mass is 10.1. The van der Waals surface area contributed by atoms with E-state index in [0.717, 1.165) is 6.07 Å². The van der Waals surface area contributed by atoms with E-state index in [9.17, 15) is 18.7 Å². The Kier molecular flexibility index (Phi) is 4.42. The maximum Gasteiger partial charge on any atom is 0.259 e. The first-order valence-electron chi connectivity index (χ1n) is 5.75. The van der Waals surface area contributed by atoms with Crippen molar-refractivity contribution in [2.24, 2.45) is 0 Å². The van der Waals surface area contributed by atoms with Crippen molar-refractivity contribution in [1.82, 2.24) is 0 Å². The van der Waals surface area contributed by atoms with Crippen LogP contribution in [0.4, 0.5) is 14.5 Å². The molecular weight excluding hydrogens is 348 g/mol. The Bertz CT molecular complexity index is 684. The number of nitrogens with one attached hydrogen (secondary N) is 1. The highest BCUT2D eigenvalue weighted by Gasteiger charge is 2.17. The molecule has 2 N–H and O–H groups in total. The maximum atomic E-state index is 13.7. The Morgan fingerprint density at radius 1 is 1.29 bits per heavy atom. The predicted octanol–water partition coefficient (Wildman–Crippen LogP) is 3.69. The molecule has 0 radical (unpaired) electrons. The number of halogens is 3. The molecule has 0 fully saturated rings. The summed E-state index contributed by atoms with van der Waals surface area (Å²) in [5.41, 5.74) is -0.311. The highest BCUT2D eigenvalue weighted by molar-refractivity contribution is 9.10. The van der Waals surface area contributed by atoms with Gasteiger partial charge >= 0.3 is 0 Å². The number of ether oxygens (including phenoxy) is 1. The Hall–Kier alpha value is -2.15. The van der Waals surface area contributed by atoms with Gasteiger partial charge in [0.1, 0.15) is 17.3 Å². The van der Waals surface area contributed by atoms with E-state index in [-0.39, 0.29) is 21.5 Å². The number of phenols is 1. The van der Waals surface area contributed by atoms with Crippen LogP contribution in [0.15, 0.2) is 34.8 Å². The minimum Gasteiger partial charge on any atom is -0.507 e. The number of rotatable bonds is 3. The zero-order chi connectivity index (χ0) is 15.6. The van der Waals surface area contributed by atoms with Gasteiger partial charge in [0.05, 0.1) is 18.4 Å². The summed E-state index contributed by atoms with van der Waals surface area (Å²) >= 11 is 2.96. The number of anilines is 1. The largest absolute Gasteiger partial charge is 0.507 e. The molecule has 1 amide bonds. The molecule has 2 aromatic rings. The highest BCUT2D eigenvalue weighted by Crippen LogP contribution is 2.29. The lowest BCUT2D eigenvalue weighted by Gasteiger charge is -2.10. The summed E-state index contributed by atoms with van der Waals surface area (Å²) in [5.74, 6) is -2.39. The average Bonchev–Trinajstić information content (AvgIpc) is 2.43. The van der Waals surface area contributed by atoms with Crippen LogP contribution in [0, 0.1) is 11.6 Å². The van der Waals surface area contributed by atoms with Crippen LogP contribution >= 0.6 is 15.9 Å². The molecule has 0 spiro atoms. The molecule has 4 nitrogen and oxygen atoms in total. The van der Waals surface area contributed by atoms with Crippen molar-refractivity contribution in [3.8, 4) is 11.5 Å². The molecule has 2 rings (SSSR count). The summed E-state index contributed by atoms with van der Waals surface area (Å²) in [5, 5.41) is 12.0. The smallest absolute Gasteiger partial charge is 0.259 e. The van der Waals surface area contributed by atoms with Gasteiger partial charge in [0, 0.05) is 10.5 Å². The summed E-state index contributed by atoms with van der Waals surface area (Å²) in [6, 6.07) is 5.72. The second-order valence-electron chi connectivity index (χ2n) is 4.08. The van der Waals surface area contributed by atoms with Crippen LogP contribution in [-0.2, 0) is 0 Å². The molecule has 0 aliphatic heterocycles. The molecule has 0 unspecified atom stereocenters. The number of benzene rings is 2. The number of aromatic hydroxyl groups is 1. The average molecular weight is 358 g/mol. The highest BCUT2D eigenvalue weighted by atomic mass is 79.9. The number of carbonyl (C=O) groups is 1. The molecule has 0 heterocycles. The van der Waals surface area contributed by atoms with E-state index in [0.29, 0.717) is 11.8 Å². The summed E-state index contributed by atoms with van der Waals surface area (Å²) < 4.78 is 31.7. The number of amides is 1. The first-order chi connectivity index (χ1) is 9.92. The van der Waals surface area contributed by atoms with Gasteiger partial charge in [-0.2, -0.15) is 0 Å². The van der Waals surface area contributed by atoms with Gasteiger partial charge in [0.25, 0.3) is 5.91 Å². The fraction of sp³-hybridized carbons (Fsp3) is 0.0714. The van der Waals surface area contributed by atoms with Crippen molar-refractivity contribution < 1.29 is 23.4 Å². The molecule has 21 heavy (non-hydrogen) atoms. The second-order valence-corrected chi connectivity index (χ2v) is 4.94. The first kappa shape index (κ1) is 15.2. The second kappa shape index (κ2) is 6.09. The van der Waals surface area contributed by atoms with Crippen molar-refractivity contribution in [3.63, 3.8) is 0 Å². The van der Waals surface area contributed by atoms with Crippen LogP contribution < -0.4 is 10.1 Å². The van der Waals surface area contributed by atoms with E-state index in [1.54, 1.807) is 0 Å². The van der Waals surface area contributed by atoms with Gasteiger partial charge in [-0.05, 0) is 40.2 Å². The van der Waals surface area contributed by atoms with Crippen molar-refractivity contribution in [1.29, 1.82) is 0 Å². The molecule has 0 saturated carbocycles. The third-order valence-corrected chi connectivity index (χ3v) is 3.32. The number of phenolic OH excluding ortho intramolecular Hbond substituents is 1. The van der Waals surface area contributed by atoms with E-state index >= 15 is 0 Å². The fourth-order valence-electron chi connectivity index (χ4n) is 1.67. The maximum absolute atomic E-state index is 13.7. The normalized spacial score (nSPS) is 10.3. The monoisotopic (exact) mass is 357 g/mol. The Labute approximate surface area is 127 Å². The number of methoxy groups -OCH3 is 1. The molecule has 0 aromatic heterocycles. The first-order valence-corrected chi connectivity index (χ1v) is 6.54. The van der Waals surface area contributed by atoms with Gasteiger partial charge in [0.2, 0.25) is 0 Å². The predicted molar refractivity (Wildman–Crippen MR) is 76.7 cm³/mol. The van der Waals surface area contributed by atoms with Gasteiger partial charge < -0.3 is 15.2 Å². The minimum atomic E-state index is -0.933. The third-order valence-electron chi connectivity index (χ3n) is 2.69. The third kappa shape index (κ3) is 3.30. The minimum absolute atomic E-state index is 0.0516. The van der Waals surface area contributed by atoms with Crippen LogP contribution in [0.3, 0.4) is 0 Å². The van der Waals surface area contributed by atoms with Gasteiger partial charge in [-0.15, -0.1) is 0 Å². The van der Waals surface area contributed by atoms with E-state index in [1.807, 2.05) is 0 Å². The Balaban J connectivity index is 2.35. The summed E-state index contributed by atoms with van der Waals surface area (Å²) in [6.45, 7) is 0. The van der Waals surface area contributed by atoms with E-state index < -0.39 is 17.5 Å². The van der Waals surface area contributed by atoms with Gasteiger partial charge in [-0.3, -0.25) is 4.79 Å². The van der Waals surface area contributed by atoms with Crippen molar-refractivity contribution in [3.05, 3.63) is 52.0 Å². The zero-order valence-electron chi connectivity index (χ0n) is 10.8. The van der Waals surface area contributed by atoms with Gasteiger partial charge in [-0.1, -0.05) is 0 Å². The molecule has 0 saturated heterocycles. The van der Waals surface area contributed by atoms with Gasteiger partial charge in [0.15, 0.2) is 5.82 Å². The Morgan fingerprint density at radius 2 is 2.00 bits per heavy atom. The fourth-order valence-corrected chi connectivity index (χ4v) is 2.17. The molecule has 0 bridgehead atoms. The van der Waals surface area contributed by atoms with Crippen LogP contribution in [0.5, 0.6) is 11.5 Å². The van der Waals surface area contributed by atoms with Crippen LogP contribution in [-0.4, -0.2) is 18.1 Å². The van der Waals surface area contributed by atoms with Crippen LogP contribution in [0.2, 0.25) is 0 Å². The molecule has 0 aliphatic rings. The number of hydrogen-bond acceptors (Lipinski definition) is 3. The number of hydrogen-bond donors (Lipinski definition) is 2. The quantitative estimate of drug-likeness (QED) is 0.880. The molecule has 0 atom stereocenters. The SMILES string of the molecule is COc1ccc(O)c(C(=O)Nc2c(F)cc(F)cc2Br)c1. The molecule has 110 valence electrons. The van der Waals surface area contributed by atoms with E-state index in [1.165, 1.54) is 25.3 Å². The number of carbonyl (C=O) groups excluding carboxylic acids is 1. The van der Waals surface area contributed by atoms with Crippen molar-refractivity contribution in [2.45, 2.75) is 0 Å². The molecular formula is C14H10BrF2NO3. The summed E-state index contributed by atoms with van der Waals surface area (Å²) in [6.07, 6.45) is 0. The van der Waals surface area contributed by atoms with E-state index in [2.05, 4.69) is 21.2 Å². The van der Waals surface area contributed by atoms with Crippen LogP contribution in [0.25, 0.3) is 0 Å². The van der Waals surface area contributed by atoms with Crippen molar-refractivity contribution in [2.75, 3.05) is 12.4 Å². The van der Waals surface area contributed by atoms with Gasteiger partial charge in [-0.25, -0.2) is 8.78 Å².